The predicted molar refractivity (Wildman–Crippen MR) is 113 cm³/mol. The number of nitrogens with one attached hydrogen (secondary N) is 2. The van der Waals surface area contributed by atoms with Gasteiger partial charge in [0.1, 0.15) is 5.58 Å². The number of para-hydroxylation sites is 1. The molecule has 3 aromatic rings. The van der Waals surface area contributed by atoms with Crippen molar-refractivity contribution in [2.75, 3.05) is 11.4 Å². The number of nitrogens with zero attached hydrogens (tertiary/aromatic N) is 1. The second-order valence-electron chi connectivity index (χ2n) is 7.42. The summed E-state index contributed by atoms with van der Waals surface area (Å²) in [5.41, 5.74) is 8.10. The first-order valence-corrected chi connectivity index (χ1v) is 9.95. The maximum absolute atomic E-state index is 12.5. The molecule has 0 spiro atoms. The molecule has 4 rings (SSSR count). The van der Waals surface area contributed by atoms with Crippen molar-refractivity contribution in [3.05, 3.63) is 65.4 Å². The number of carbonyl (C=O) groups excluding carboxylic acids is 3. The number of carbonyl (C=O) groups is 3. The van der Waals surface area contributed by atoms with Crippen LogP contribution in [0.25, 0.3) is 11.0 Å². The van der Waals surface area contributed by atoms with Crippen molar-refractivity contribution in [1.29, 1.82) is 0 Å². The minimum atomic E-state index is -0.541. The summed E-state index contributed by atoms with van der Waals surface area (Å²) < 4.78 is 5.60. The van der Waals surface area contributed by atoms with E-state index < -0.39 is 17.7 Å². The van der Waals surface area contributed by atoms with E-state index in [0.717, 1.165) is 17.5 Å². The molecule has 0 saturated carbocycles. The van der Waals surface area contributed by atoms with E-state index in [4.69, 9.17) is 4.42 Å². The molecule has 3 amide bonds. The number of rotatable bonds is 4. The quantitative estimate of drug-likeness (QED) is 0.653. The molecule has 154 valence electrons. The second-order valence-corrected chi connectivity index (χ2v) is 7.42. The largest absolute Gasteiger partial charge is 0.451 e. The summed E-state index contributed by atoms with van der Waals surface area (Å²) >= 11 is 0. The number of benzene rings is 2. The molecule has 2 N–H and O–H groups in total. The third-order valence-electron chi connectivity index (χ3n) is 5.50. The van der Waals surface area contributed by atoms with Crippen LogP contribution in [0.4, 0.5) is 5.69 Å². The summed E-state index contributed by atoms with van der Waals surface area (Å²) in [5, 5.41) is 0.847. The lowest BCUT2D eigenvalue weighted by Crippen LogP contribution is -2.45. The topological polar surface area (TPSA) is 91.7 Å². The van der Waals surface area contributed by atoms with Crippen LogP contribution in [0.3, 0.4) is 0 Å². The molecule has 2 heterocycles. The maximum atomic E-state index is 12.5. The fourth-order valence-electron chi connectivity index (χ4n) is 3.71. The van der Waals surface area contributed by atoms with Gasteiger partial charge >= 0.3 is 5.91 Å². The lowest BCUT2D eigenvalue weighted by molar-refractivity contribution is -0.126. The van der Waals surface area contributed by atoms with Crippen LogP contribution >= 0.6 is 0 Å². The highest BCUT2D eigenvalue weighted by molar-refractivity contribution is 6.02. The zero-order chi connectivity index (χ0) is 21.3. The number of aryl methyl sites for hydroxylation is 2. The number of hydrogen-bond donors (Lipinski definition) is 2. The normalized spacial score (nSPS) is 16.1. The molecule has 2 aromatic carbocycles. The highest BCUT2D eigenvalue weighted by Crippen LogP contribution is 2.26. The van der Waals surface area contributed by atoms with Gasteiger partial charge in [-0.3, -0.25) is 25.2 Å². The fourth-order valence-corrected chi connectivity index (χ4v) is 3.71. The lowest BCUT2D eigenvalue weighted by Gasteiger charge is -2.17. The Morgan fingerprint density at radius 1 is 1.10 bits per heavy atom. The smallest absolute Gasteiger partial charge is 0.305 e. The van der Waals surface area contributed by atoms with E-state index in [1.165, 1.54) is 5.56 Å². The van der Waals surface area contributed by atoms with Gasteiger partial charge < -0.3 is 9.32 Å². The molecule has 1 saturated heterocycles. The summed E-state index contributed by atoms with van der Waals surface area (Å²) in [6.45, 7) is 4.13. The lowest BCUT2D eigenvalue weighted by atomic mass is 10.1. The van der Waals surface area contributed by atoms with Gasteiger partial charge in [-0.2, -0.15) is 0 Å². The molecule has 0 aliphatic carbocycles. The van der Waals surface area contributed by atoms with Gasteiger partial charge in [0.05, 0.1) is 5.92 Å². The number of furan rings is 1. The monoisotopic (exact) mass is 405 g/mol. The van der Waals surface area contributed by atoms with Crippen LogP contribution in [0.2, 0.25) is 0 Å². The summed E-state index contributed by atoms with van der Waals surface area (Å²) in [6, 6.07) is 15.1. The Labute approximate surface area is 174 Å². The first-order valence-electron chi connectivity index (χ1n) is 9.95. The van der Waals surface area contributed by atoms with Crippen molar-refractivity contribution in [2.24, 2.45) is 5.92 Å². The Morgan fingerprint density at radius 3 is 2.53 bits per heavy atom. The zero-order valence-electron chi connectivity index (χ0n) is 16.9. The van der Waals surface area contributed by atoms with E-state index in [1.54, 1.807) is 17.9 Å². The van der Waals surface area contributed by atoms with Gasteiger partial charge in [0.25, 0.3) is 0 Å². The Bertz CT molecular complexity index is 1120. The summed E-state index contributed by atoms with van der Waals surface area (Å²) in [7, 11) is 0. The molecule has 30 heavy (non-hydrogen) atoms. The Hall–Kier alpha value is -3.61. The molecule has 1 aliphatic heterocycles. The van der Waals surface area contributed by atoms with Crippen LogP contribution in [0.1, 0.15) is 35.0 Å². The van der Waals surface area contributed by atoms with E-state index in [0.29, 0.717) is 11.1 Å². The molecule has 7 nitrogen and oxygen atoms in total. The number of fused-ring (bicyclic) bond motifs is 1. The van der Waals surface area contributed by atoms with Gasteiger partial charge in [-0.1, -0.05) is 37.3 Å². The van der Waals surface area contributed by atoms with Gasteiger partial charge in [0.15, 0.2) is 5.76 Å². The average molecular weight is 405 g/mol. The van der Waals surface area contributed by atoms with E-state index in [-0.39, 0.29) is 24.6 Å². The number of hydrazine groups is 1. The van der Waals surface area contributed by atoms with Gasteiger partial charge in [-0.25, -0.2) is 0 Å². The van der Waals surface area contributed by atoms with Crippen LogP contribution in [-0.4, -0.2) is 24.3 Å². The first kappa shape index (κ1) is 19.7. The van der Waals surface area contributed by atoms with Crippen molar-refractivity contribution >= 4 is 34.4 Å². The fraction of sp³-hybridized carbons (Fsp3) is 0.261. The maximum Gasteiger partial charge on any atom is 0.305 e. The average Bonchev–Trinajstić information content (AvgIpc) is 3.32. The highest BCUT2D eigenvalue weighted by Gasteiger charge is 2.35. The Kier molecular flexibility index (Phi) is 5.27. The van der Waals surface area contributed by atoms with Crippen molar-refractivity contribution < 1.29 is 18.8 Å². The molecule has 1 atom stereocenters. The summed E-state index contributed by atoms with van der Waals surface area (Å²) in [5.74, 6) is -1.44. The second kappa shape index (κ2) is 8.02. The van der Waals surface area contributed by atoms with Gasteiger partial charge in [-0.05, 0) is 37.1 Å². The molecule has 7 heteroatoms. The summed E-state index contributed by atoms with van der Waals surface area (Å²) in [6.07, 6.45) is 1.02. The molecule has 1 aromatic heterocycles. The first-order chi connectivity index (χ1) is 14.5. The minimum Gasteiger partial charge on any atom is -0.451 e. The summed E-state index contributed by atoms with van der Waals surface area (Å²) in [4.78, 5) is 39.0. The van der Waals surface area contributed by atoms with Gasteiger partial charge in [0, 0.05) is 29.6 Å². The molecule has 0 bridgehead atoms. The van der Waals surface area contributed by atoms with Crippen LogP contribution in [0, 0.1) is 12.8 Å². The Morgan fingerprint density at radius 2 is 1.83 bits per heavy atom. The third-order valence-corrected chi connectivity index (χ3v) is 5.50. The molecule has 1 aliphatic rings. The molecule has 0 radical (unpaired) electrons. The van der Waals surface area contributed by atoms with E-state index in [1.807, 2.05) is 42.5 Å². The van der Waals surface area contributed by atoms with Crippen molar-refractivity contribution in [1.82, 2.24) is 10.9 Å². The number of amides is 3. The SMILES string of the molecule is CCc1ccc(N2C[C@@H](C(=O)NNC(=O)c3oc4ccccc4c3C)CC2=O)cc1. The number of anilines is 1. The van der Waals surface area contributed by atoms with Crippen molar-refractivity contribution in [3.8, 4) is 0 Å². The number of hydrogen-bond acceptors (Lipinski definition) is 4. The molecular weight excluding hydrogens is 382 g/mol. The predicted octanol–water partition coefficient (Wildman–Crippen LogP) is 3.12. The van der Waals surface area contributed by atoms with Gasteiger partial charge in [-0.15, -0.1) is 0 Å². The van der Waals surface area contributed by atoms with Crippen LogP contribution < -0.4 is 15.8 Å². The van der Waals surface area contributed by atoms with Crippen LogP contribution in [0.5, 0.6) is 0 Å². The van der Waals surface area contributed by atoms with E-state index in [2.05, 4.69) is 17.8 Å². The molecular formula is C23H23N3O4. The van der Waals surface area contributed by atoms with E-state index >= 15 is 0 Å². The zero-order valence-corrected chi connectivity index (χ0v) is 16.9. The molecule has 0 unspecified atom stereocenters. The van der Waals surface area contributed by atoms with Crippen LogP contribution in [0.15, 0.2) is 52.9 Å². The highest BCUT2D eigenvalue weighted by atomic mass is 16.3. The Balaban J connectivity index is 1.38. The minimum absolute atomic E-state index is 0.0981. The van der Waals surface area contributed by atoms with E-state index in [9.17, 15) is 14.4 Å². The van der Waals surface area contributed by atoms with Gasteiger partial charge in [0.2, 0.25) is 11.8 Å². The van der Waals surface area contributed by atoms with Crippen molar-refractivity contribution in [3.63, 3.8) is 0 Å². The standard InChI is InChI=1S/C23H23N3O4/c1-3-15-8-10-17(11-9-15)26-13-16(12-20(26)27)22(28)24-25-23(29)21-14(2)18-6-4-5-7-19(18)30-21/h4-11,16H,3,12-13H2,1-2H3,(H,24,28)(H,25,29)/t16-/m0/s1. The third kappa shape index (κ3) is 3.66. The van der Waals surface area contributed by atoms with Crippen LogP contribution in [-0.2, 0) is 16.0 Å². The van der Waals surface area contributed by atoms with Crippen molar-refractivity contribution in [2.45, 2.75) is 26.7 Å². The molecule has 1 fully saturated rings.